The third-order valence-electron chi connectivity index (χ3n) is 3.28. The molecule has 102 valence electrons. The lowest BCUT2D eigenvalue weighted by Gasteiger charge is -2.17. The van der Waals surface area contributed by atoms with Gasteiger partial charge in [-0.3, -0.25) is 0 Å². The van der Waals surface area contributed by atoms with Crippen molar-refractivity contribution < 1.29 is 8.42 Å². The zero-order valence-corrected chi connectivity index (χ0v) is 12.4. The van der Waals surface area contributed by atoms with Crippen LogP contribution in [0.3, 0.4) is 0 Å². The SMILES string of the molecule is CCC(C)CNC(C)c1ccc(S(C)(=O)=O)cc1. The van der Waals surface area contributed by atoms with Gasteiger partial charge in [0.1, 0.15) is 0 Å². The van der Waals surface area contributed by atoms with Crippen LogP contribution < -0.4 is 5.32 Å². The summed E-state index contributed by atoms with van der Waals surface area (Å²) in [6, 6.07) is 7.35. The summed E-state index contributed by atoms with van der Waals surface area (Å²) in [5.74, 6) is 0.655. The minimum atomic E-state index is -3.10. The molecular formula is C14H23NO2S. The number of hydrogen-bond acceptors (Lipinski definition) is 3. The van der Waals surface area contributed by atoms with E-state index in [2.05, 4.69) is 26.1 Å². The zero-order valence-electron chi connectivity index (χ0n) is 11.6. The van der Waals surface area contributed by atoms with Crippen molar-refractivity contribution in [3.05, 3.63) is 29.8 Å². The van der Waals surface area contributed by atoms with Crippen molar-refractivity contribution >= 4 is 9.84 Å². The van der Waals surface area contributed by atoms with Crippen molar-refractivity contribution in [1.82, 2.24) is 5.32 Å². The Hall–Kier alpha value is -0.870. The van der Waals surface area contributed by atoms with Gasteiger partial charge in [0.15, 0.2) is 9.84 Å². The fourth-order valence-corrected chi connectivity index (χ4v) is 2.27. The summed E-state index contributed by atoms with van der Waals surface area (Å²) in [7, 11) is -3.10. The Balaban J connectivity index is 2.68. The Morgan fingerprint density at radius 3 is 2.17 bits per heavy atom. The lowest BCUT2D eigenvalue weighted by Crippen LogP contribution is -2.24. The van der Waals surface area contributed by atoms with Crippen molar-refractivity contribution in [3.63, 3.8) is 0 Å². The van der Waals surface area contributed by atoms with E-state index in [0.717, 1.165) is 18.5 Å². The third kappa shape index (κ3) is 4.42. The zero-order chi connectivity index (χ0) is 13.8. The smallest absolute Gasteiger partial charge is 0.175 e. The van der Waals surface area contributed by atoms with Gasteiger partial charge in [0, 0.05) is 12.3 Å². The van der Waals surface area contributed by atoms with Crippen molar-refractivity contribution in [3.8, 4) is 0 Å². The molecule has 0 saturated carbocycles. The summed E-state index contributed by atoms with van der Waals surface area (Å²) in [4.78, 5) is 0.375. The van der Waals surface area contributed by atoms with Gasteiger partial charge < -0.3 is 5.32 Å². The average molecular weight is 269 g/mol. The Labute approximate surface area is 111 Å². The van der Waals surface area contributed by atoms with Gasteiger partial charge in [-0.1, -0.05) is 32.4 Å². The lowest BCUT2D eigenvalue weighted by molar-refractivity contribution is 0.461. The van der Waals surface area contributed by atoms with Gasteiger partial charge in [-0.2, -0.15) is 0 Å². The van der Waals surface area contributed by atoms with Crippen LogP contribution in [0, 0.1) is 5.92 Å². The van der Waals surface area contributed by atoms with E-state index in [1.165, 1.54) is 6.26 Å². The number of nitrogens with one attached hydrogen (secondary N) is 1. The molecule has 3 nitrogen and oxygen atoms in total. The first-order chi connectivity index (χ1) is 8.34. The molecule has 1 aromatic carbocycles. The molecule has 0 fully saturated rings. The van der Waals surface area contributed by atoms with E-state index in [4.69, 9.17) is 0 Å². The summed E-state index contributed by atoms with van der Waals surface area (Å²) in [5.41, 5.74) is 1.12. The molecule has 18 heavy (non-hydrogen) atoms. The first kappa shape index (κ1) is 15.2. The summed E-state index contributed by atoms with van der Waals surface area (Å²) in [6.45, 7) is 7.47. The van der Waals surface area contributed by atoms with Crippen LogP contribution in [0.15, 0.2) is 29.2 Å². The van der Waals surface area contributed by atoms with Crippen LogP contribution >= 0.6 is 0 Å². The molecule has 0 radical (unpaired) electrons. The van der Waals surface area contributed by atoms with E-state index in [1.54, 1.807) is 12.1 Å². The van der Waals surface area contributed by atoms with Gasteiger partial charge in [-0.25, -0.2) is 8.42 Å². The molecule has 0 aliphatic rings. The van der Waals surface area contributed by atoms with E-state index in [1.807, 2.05) is 12.1 Å². The number of hydrogen-bond donors (Lipinski definition) is 1. The molecule has 0 aliphatic heterocycles. The Kier molecular flexibility index (Phi) is 5.35. The molecule has 0 amide bonds. The van der Waals surface area contributed by atoms with E-state index in [-0.39, 0.29) is 6.04 Å². The predicted molar refractivity (Wildman–Crippen MR) is 75.4 cm³/mol. The highest BCUT2D eigenvalue weighted by atomic mass is 32.2. The molecule has 0 saturated heterocycles. The largest absolute Gasteiger partial charge is 0.310 e. The molecule has 1 aromatic rings. The fraction of sp³-hybridized carbons (Fsp3) is 0.571. The van der Waals surface area contributed by atoms with E-state index in [0.29, 0.717) is 10.8 Å². The maximum Gasteiger partial charge on any atom is 0.175 e. The average Bonchev–Trinajstić information content (AvgIpc) is 2.34. The second-order valence-corrected chi connectivity index (χ2v) is 7.00. The number of rotatable bonds is 6. The van der Waals surface area contributed by atoms with Gasteiger partial charge in [-0.05, 0) is 37.1 Å². The maximum absolute atomic E-state index is 11.4. The normalized spacial score (nSPS) is 15.3. The highest BCUT2D eigenvalue weighted by Crippen LogP contribution is 2.16. The Morgan fingerprint density at radius 2 is 1.72 bits per heavy atom. The van der Waals surface area contributed by atoms with E-state index in [9.17, 15) is 8.42 Å². The maximum atomic E-state index is 11.4. The predicted octanol–water partition coefficient (Wildman–Crippen LogP) is 2.79. The third-order valence-corrected chi connectivity index (χ3v) is 4.41. The molecular weight excluding hydrogens is 246 g/mol. The summed E-state index contributed by atoms with van der Waals surface area (Å²) < 4.78 is 22.7. The Morgan fingerprint density at radius 1 is 1.17 bits per heavy atom. The van der Waals surface area contributed by atoms with Gasteiger partial charge in [0.25, 0.3) is 0 Å². The Bertz CT molecular complexity index is 465. The summed E-state index contributed by atoms with van der Waals surface area (Å²) in [5, 5.41) is 3.46. The molecule has 1 N–H and O–H groups in total. The van der Waals surface area contributed by atoms with Crippen LogP contribution in [0.1, 0.15) is 38.8 Å². The molecule has 2 atom stereocenters. The second kappa shape index (κ2) is 6.34. The lowest BCUT2D eigenvalue weighted by atomic mass is 10.1. The minimum Gasteiger partial charge on any atom is -0.310 e. The summed E-state index contributed by atoms with van der Waals surface area (Å²) >= 11 is 0. The molecule has 1 rings (SSSR count). The second-order valence-electron chi connectivity index (χ2n) is 4.98. The molecule has 0 heterocycles. The van der Waals surface area contributed by atoms with Crippen LogP contribution in [0.25, 0.3) is 0 Å². The van der Waals surface area contributed by atoms with E-state index >= 15 is 0 Å². The van der Waals surface area contributed by atoms with Crippen molar-refractivity contribution in [2.24, 2.45) is 5.92 Å². The topological polar surface area (TPSA) is 46.2 Å². The first-order valence-electron chi connectivity index (χ1n) is 6.38. The molecule has 0 aromatic heterocycles. The minimum absolute atomic E-state index is 0.243. The van der Waals surface area contributed by atoms with Crippen molar-refractivity contribution in [2.45, 2.75) is 38.1 Å². The van der Waals surface area contributed by atoms with Gasteiger partial charge in [-0.15, -0.1) is 0 Å². The van der Waals surface area contributed by atoms with Crippen molar-refractivity contribution in [1.29, 1.82) is 0 Å². The van der Waals surface area contributed by atoms with E-state index < -0.39 is 9.84 Å². The monoisotopic (exact) mass is 269 g/mol. The summed E-state index contributed by atoms with van der Waals surface area (Å²) in [6.07, 6.45) is 2.39. The van der Waals surface area contributed by atoms with Crippen molar-refractivity contribution in [2.75, 3.05) is 12.8 Å². The molecule has 0 spiro atoms. The van der Waals surface area contributed by atoms with Crippen LogP contribution in [0.2, 0.25) is 0 Å². The van der Waals surface area contributed by atoms with Crippen LogP contribution in [0.4, 0.5) is 0 Å². The molecule has 4 heteroatoms. The highest BCUT2D eigenvalue weighted by molar-refractivity contribution is 7.90. The number of benzene rings is 1. The fourth-order valence-electron chi connectivity index (χ4n) is 1.64. The first-order valence-corrected chi connectivity index (χ1v) is 8.27. The van der Waals surface area contributed by atoms with Gasteiger partial charge in [0.2, 0.25) is 0 Å². The molecule has 0 bridgehead atoms. The van der Waals surface area contributed by atoms with Crippen LogP contribution in [-0.4, -0.2) is 21.2 Å². The van der Waals surface area contributed by atoms with Crippen LogP contribution in [-0.2, 0) is 9.84 Å². The quantitative estimate of drug-likeness (QED) is 0.863. The number of sulfone groups is 1. The molecule has 2 unspecified atom stereocenters. The standard InChI is InChI=1S/C14H23NO2S/c1-5-11(2)10-15-12(3)13-6-8-14(9-7-13)18(4,16)17/h6-9,11-12,15H,5,10H2,1-4H3. The highest BCUT2D eigenvalue weighted by Gasteiger charge is 2.09. The molecule has 0 aliphatic carbocycles. The van der Waals surface area contributed by atoms with Gasteiger partial charge in [0.05, 0.1) is 4.90 Å². The van der Waals surface area contributed by atoms with Crippen LogP contribution in [0.5, 0.6) is 0 Å². The van der Waals surface area contributed by atoms with Gasteiger partial charge >= 0.3 is 0 Å².